The highest BCUT2D eigenvalue weighted by atomic mass is 16.3. The number of rotatable bonds is 5. The molecule has 174 valence electrons. The van der Waals surface area contributed by atoms with Gasteiger partial charge in [-0.15, -0.1) is 0 Å². The standard InChI is InChI=1S/C27H33N3O3/c1-18-9-11-21(12-10-18)28-26(32)27(3)17-29-22-13-14-33-24(22)15-23(29)25(31)30(27)16-19(2)20-7-5-4-6-8-20/h4-8,13-15,18-19,21H,9-12,16-17H2,1-3H3,(H,28,32)/t18?,19-,21?,27-/m0/s1. The number of amides is 2. The Morgan fingerprint density at radius 3 is 2.64 bits per heavy atom. The summed E-state index contributed by atoms with van der Waals surface area (Å²) in [5.74, 6) is 0.629. The maximum Gasteiger partial charge on any atom is 0.271 e. The van der Waals surface area contributed by atoms with Crippen molar-refractivity contribution < 1.29 is 14.0 Å². The zero-order chi connectivity index (χ0) is 23.2. The SMILES string of the molecule is CC1CCC(NC(=O)[C@]2(C)Cn3c(cc4occc43)C(=O)N2C[C@H](C)c2ccccc2)CC1. The van der Waals surface area contributed by atoms with Crippen molar-refractivity contribution in [1.29, 1.82) is 0 Å². The molecule has 3 aromatic rings. The number of nitrogens with one attached hydrogen (secondary N) is 1. The van der Waals surface area contributed by atoms with Gasteiger partial charge in [-0.2, -0.15) is 0 Å². The van der Waals surface area contributed by atoms with Crippen molar-refractivity contribution in [2.45, 2.75) is 70.5 Å². The molecule has 2 atom stereocenters. The Hall–Kier alpha value is -3.02. The van der Waals surface area contributed by atoms with E-state index in [4.69, 9.17) is 4.42 Å². The van der Waals surface area contributed by atoms with Gasteiger partial charge in [-0.05, 0) is 50.0 Å². The van der Waals surface area contributed by atoms with E-state index in [-0.39, 0.29) is 23.8 Å². The highest BCUT2D eigenvalue weighted by Gasteiger charge is 2.48. The second-order valence-corrected chi connectivity index (χ2v) is 10.2. The zero-order valence-corrected chi connectivity index (χ0v) is 19.7. The molecule has 1 aliphatic carbocycles. The molecule has 3 heterocycles. The van der Waals surface area contributed by atoms with E-state index >= 15 is 0 Å². The molecule has 1 fully saturated rings. The lowest BCUT2D eigenvalue weighted by molar-refractivity contribution is -0.134. The average Bonchev–Trinajstić information content (AvgIpc) is 3.41. The van der Waals surface area contributed by atoms with Gasteiger partial charge in [0.1, 0.15) is 11.2 Å². The fourth-order valence-electron chi connectivity index (χ4n) is 5.47. The normalized spacial score (nSPS) is 26.3. The number of hydrogen-bond acceptors (Lipinski definition) is 3. The fraction of sp³-hybridized carbons (Fsp3) is 0.481. The van der Waals surface area contributed by atoms with E-state index < -0.39 is 5.54 Å². The molecule has 6 heteroatoms. The molecule has 1 aliphatic heterocycles. The number of aromatic nitrogens is 1. The Labute approximate surface area is 194 Å². The summed E-state index contributed by atoms with van der Waals surface area (Å²) in [6, 6.07) is 14.0. The fourth-order valence-corrected chi connectivity index (χ4v) is 5.47. The lowest BCUT2D eigenvalue weighted by Crippen LogP contribution is -2.65. The minimum Gasteiger partial charge on any atom is -0.463 e. The topological polar surface area (TPSA) is 67.5 Å². The molecule has 1 saturated carbocycles. The van der Waals surface area contributed by atoms with Crippen molar-refractivity contribution in [3.63, 3.8) is 0 Å². The molecule has 0 radical (unpaired) electrons. The number of fused-ring (bicyclic) bond motifs is 3. The summed E-state index contributed by atoms with van der Waals surface area (Å²) >= 11 is 0. The first kappa shape index (κ1) is 21.8. The van der Waals surface area contributed by atoms with Crippen molar-refractivity contribution in [3.05, 3.63) is 60.0 Å². The van der Waals surface area contributed by atoms with Crippen molar-refractivity contribution in [1.82, 2.24) is 14.8 Å². The molecule has 2 aliphatic rings. The van der Waals surface area contributed by atoms with Crippen LogP contribution in [0.3, 0.4) is 0 Å². The predicted molar refractivity (Wildman–Crippen MR) is 128 cm³/mol. The molecule has 0 spiro atoms. The Morgan fingerprint density at radius 1 is 1.18 bits per heavy atom. The summed E-state index contributed by atoms with van der Waals surface area (Å²) < 4.78 is 7.52. The van der Waals surface area contributed by atoms with Crippen LogP contribution in [-0.2, 0) is 11.3 Å². The van der Waals surface area contributed by atoms with Crippen molar-refractivity contribution in [3.8, 4) is 0 Å². The molecule has 6 nitrogen and oxygen atoms in total. The highest BCUT2D eigenvalue weighted by Crippen LogP contribution is 2.35. The van der Waals surface area contributed by atoms with E-state index in [1.807, 2.05) is 35.8 Å². The number of nitrogens with zero attached hydrogens (tertiary/aromatic N) is 2. The van der Waals surface area contributed by atoms with E-state index in [2.05, 4.69) is 31.3 Å². The zero-order valence-electron chi connectivity index (χ0n) is 19.7. The largest absolute Gasteiger partial charge is 0.463 e. The second kappa shape index (κ2) is 8.40. The number of furan rings is 1. The first-order chi connectivity index (χ1) is 15.9. The molecule has 1 N–H and O–H groups in total. The van der Waals surface area contributed by atoms with E-state index in [1.165, 1.54) is 0 Å². The van der Waals surface area contributed by atoms with Crippen LogP contribution in [0, 0.1) is 5.92 Å². The maximum atomic E-state index is 13.8. The number of carbonyl (C=O) groups is 2. The molecular formula is C27H33N3O3. The summed E-state index contributed by atoms with van der Waals surface area (Å²) in [5.41, 5.74) is 2.30. The monoisotopic (exact) mass is 447 g/mol. The molecule has 0 saturated heterocycles. The minimum absolute atomic E-state index is 0.0633. The maximum absolute atomic E-state index is 13.8. The summed E-state index contributed by atoms with van der Waals surface area (Å²) in [6.07, 6.45) is 5.89. The Balaban J connectivity index is 1.48. The summed E-state index contributed by atoms with van der Waals surface area (Å²) in [4.78, 5) is 29.4. The Kier molecular flexibility index (Phi) is 5.55. The third kappa shape index (κ3) is 3.85. The number of hydrogen-bond donors (Lipinski definition) is 1. The van der Waals surface area contributed by atoms with Crippen LogP contribution in [0.15, 0.2) is 53.1 Å². The molecule has 0 bridgehead atoms. The summed E-state index contributed by atoms with van der Waals surface area (Å²) in [7, 11) is 0. The van der Waals surface area contributed by atoms with Crippen molar-refractivity contribution in [2.24, 2.45) is 5.92 Å². The van der Waals surface area contributed by atoms with Gasteiger partial charge in [-0.25, -0.2) is 0 Å². The van der Waals surface area contributed by atoms with Crippen LogP contribution >= 0.6 is 0 Å². The Bertz CT molecular complexity index is 1160. The average molecular weight is 448 g/mol. The van der Waals surface area contributed by atoms with Gasteiger partial charge in [0, 0.05) is 24.7 Å². The van der Waals surface area contributed by atoms with E-state index in [0.717, 1.165) is 36.8 Å². The van der Waals surface area contributed by atoms with Crippen molar-refractivity contribution in [2.75, 3.05) is 6.54 Å². The van der Waals surface area contributed by atoms with Gasteiger partial charge in [0.2, 0.25) is 5.91 Å². The van der Waals surface area contributed by atoms with Crippen LogP contribution in [0.4, 0.5) is 0 Å². The van der Waals surface area contributed by atoms with Crippen molar-refractivity contribution >= 4 is 22.9 Å². The molecule has 5 rings (SSSR count). The number of carbonyl (C=O) groups excluding carboxylic acids is 2. The predicted octanol–water partition coefficient (Wildman–Crippen LogP) is 4.95. The quantitative estimate of drug-likeness (QED) is 0.602. The molecule has 0 unspecified atom stereocenters. The summed E-state index contributed by atoms with van der Waals surface area (Å²) in [5, 5.41) is 3.31. The molecular weight excluding hydrogens is 414 g/mol. The first-order valence-electron chi connectivity index (χ1n) is 12.1. The van der Waals surface area contributed by atoms with Crippen LogP contribution in [0.2, 0.25) is 0 Å². The first-order valence-corrected chi connectivity index (χ1v) is 12.1. The van der Waals surface area contributed by atoms with Gasteiger partial charge in [0.25, 0.3) is 5.91 Å². The lowest BCUT2D eigenvalue weighted by atomic mass is 9.86. The third-order valence-corrected chi connectivity index (χ3v) is 7.71. The minimum atomic E-state index is -0.987. The second-order valence-electron chi connectivity index (χ2n) is 10.2. The van der Waals surface area contributed by atoms with Gasteiger partial charge in [0.05, 0.1) is 18.3 Å². The van der Waals surface area contributed by atoms with E-state index in [1.54, 1.807) is 17.2 Å². The molecule has 2 amide bonds. The Morgan fingerprint density at radius 2 is 1.91 bits per heavy atom. The van der Waals surface area contributed by atoms with Gasteiger partial charge in [-0.3, -0.25) is 9.59 Å². The smallest absolute Gasteiger partial charge is 0.271 e. The van der Waals surface area contributed by atoms with Crippen LogP contribution < -0.4 is 5.32 Å². The summed E-state index contributed by atoms with van der Waals surface area (Å²) in [6.45, 7) is 7.19. The van der Waals surface area contributed by atoms with Crippen LogP contribution in [-0.4, -0.2) is 39.4 Å². The molecule has 1 aromatic carbocycles. The lowest BCUT2D eigenvalue weighted by Gasteiger charge is -2.45. The third-order valence-electron chi connectivity index (χ3n) is 7.71. The highest BCUT2D eigenvalue weighted by molar-refractivity contribution is 6.03. The van der Waals surface area contributed by atoms with Gasteiger partial charge >= 0.3 is 0 Å². The molecule has 33 heavy (non-hydrogen) atoms. The van der Waals surface area contributed by atoms with Crippen LogP contribution in [0.25, 0.3) is 11.1 Å². The molecule has 2 aromatic heterocycles. The number of benzene rings is 1. The van der Waals surface area contributed by atoms with E-state index in [9.17, 15) is 9.59 Å². The van der Waals surface area contributed by atoms with Crippen LogP contribution in [0.1, 0.15) is 68.4 Å². The van der Waals surface area contributed by atoms with Gasteiger partial charge < -0.3 is 19.2 Å². The van der Waals surface area contributed by atoms with E-state index in [0.29, 0.717) is 30.3 Å². The van der Waals surface area contributed by atoms with Crippen LogP contribution in [0.5, 0.6) is 0 Å². The van der Waals surface area contributed by atoms with Gasteiger partial charge in [-0.1, -0.05) is 44.2 Å². The van der Waals surface area contributed by atoms with Gasteiger partial charge in [0.15, 0.2) is 5.58 Å².